The number of quaternary nitrogens is 1. The van der Waals surface area contributed by atoms with Crippen LogP contribution in [0.3, 0.4) is 0 Å². The number of nitrogens with zero attached hydrogens (tertiary/aromatic N) is 1. The number of unbranched alkanes of at least 4 members (excludes halogenated alkanes) is 16. The molecular formula is C43H82N2O6P+. The highest BCUT2D eigenvalue weighted by Crippen LogP contribution is 2.43. The minimum absolute atomic E-state index is 0.0647. The molecule has 0 spiro atoms. The third-order valence-electron chi connectivity index (χ3n) is 9.09. The monoisotopic (exact) mass is 754 g/mol. The highest BCUT2D eigenvalue weighted by Gasteiger charge is 2.28. The summed E-state index contributed by atoms with van der Waals surface area (Å²) in [6.07, 6.45) is 42.8. The first-order valence-electron chi connectivity index (χ1n) is 21.0. The van der Waals surface area contributed by atoms with Crippen molar-refractivity contribution in [3.05, 3.63) is 48.6 Å². The number of carbonyl (C=O) groups is 1. The maximum absolute atomic E-state index is 12.8. The standard InChI is InChI=1S/C43H81N2O6P/c1-6-8-10-12-14-16-18-20-22-24-26-28-30-32-34-36-42(46)41(40-51-52(48,49)50-39-38-45(3,4)5)44-43(47)37-35-33-31-29-27-25-23-21-19-17-15-13-11-9-7-2/h9,11,15,17,21,23,27,29,41-42,46H,6-8,10,12-14,16,18-20,22,24-26,28,30-40H2,1-5H3,(H-,44,47,48,49)/p+1/b11-9-,17-15-,23-21-,29-27-. The molecule has 3 N–H and O–H groups in total. The number of allylic oxidation sites excluding steroid dienone is 8. The van der Waals surface area contributed by atoms with E-state index in [1.54, 1.807) is 0 Å². The maximum atomic E-state index is 12.8. The third kappa shape index (κ3) is 36.8. The van der Waals surface area contributed by atoms with Gasteiger partial charge in [-0.1, -0.05) is 159 Å². The largest absolute Gasteiger partial charge is 0.472 e. The molecule has 0 fully saturated rings. The van der Waals surface area contributed by atoms with E-state index in [-0.39, 0.29) is 19.1 Å². The van der Waals surface area contributed by atoms with Crippen molar-refractivity contribution >= 4 is 13.7 Å². The summed E-state index contributed by atoms with van der Waals surface area (Å²) in [6, 6.07) is -0.782. The summed E-state index contributed by atoms with van der Waals surface area (Å²) in [5.74, 6) is -0.187. The summed E-state index contributed by atoms with van der Waals surface area (Å²) in [5, 5.41) is 13.9. The molecule has 0 radical (unpaired) electrons. The Morgan fingerprint density at radius 2 is 1.15 bits per heavy atom. The van der Waals surface area contributed by atoms with E-state index in [0.29, 0.717) is 23.9 Å². The Labute approximate surface area is 320 Å². The molecule has 0 aromatic heterocycles. The normalized spacial score (nSPS) is 15.0. The van der Waals surface area contributed by atoms with Crippen molar-refractivity contribution in [3.63, 3.8) is 0 Å². The molecule has 0 saturated carbocycles. The van der Waals surface area contributed by atoms with Crippen LogP contribution in [0.2, 0.25) is 0 Å². The van der Waals surface area contributed by atoms with Crippen LogP contribution < -0.4 is 5.32 Å². The number of nitrogens with one attached hydrogen (secondary N) is 1. The Bertz CT molecular complexity index is 991. The lowest BCUT2D eigenvalue weighted by Crippen LogP contribution is -2.46. The van der Waals surface area contributed by atoms with E-state index in [2.05, 4.69) is 67.8 Å². The molecule has 0 aromatic rings. The Balaban J connectivity index is 4.49. The summed E-state index contributed by atoms with van der Waals surface area (Å²) >= 11 is 0. The number of hydrogen-bond donors (Lipinski definition) is 3. The van der Waals surface area contributed by atoms with Gasteiger partial charge >= 0.3 is 7.82 Å². The highest BCUT2D eigenvalue weighted by molar-refractivity contribution is 7.47. The highest BCUT2D eigenvalue weighted by atomic mass is 31.2. The van der Waals surface area contributed by atoms with Gasteiger partial charge in [-0.25, -0.2) is 4.57 Å². The molecule has 8 nitrogen and oxygen atoms in total. The molecule has 0 saturated heterocycles. The van der Waals surface area contributed by atoms with Crippen LogP contribution in [0.15, 0.2) is 48.6 Å². The molecular weight excluding hydrogens is 671 g/mol. The number of aliphatic hydroxyl groups is 1. The summed E-state index contributed by atoms with van der Waals surface area (Å²) in [5.41, 5.74) is 0. The van der Waals surface area contributed by atoms with Crippen LogP contribution in [-0.2, 0) is 18.4 Å². The van der Waals surface area contributed by atoms with Gasteiger partial charge < -0.3 is 19.8 Å². The van der Waals surface area contributed by atoms with Gasteiger partial charge in [-0.15, -0.1) is 0 Å². The molecule has 52 heavy (non-hydrogen) atoms. The van der Waals surface area contributed by atoms with Crippen molar-refractivity contribution in [2.75, 3.05) is 40.9 Å². The van der Waals surface area contributed by atoms with Gasteiger partial charge in [-0.2, -0.15) is 0 Å². The molecule has 0 aliphatic heterocycles. The predicted octanol–water partition coefficient (Wildman–Crippen LogP) is 11.3. The number of aliphatic hydroxyl groups excluding tert-OH is 1. The molecule has 0 aromatic carbocycles. The van der Waals surface area contributed by atoms with Crippen LogP contribution >= 0.6 is 7.82 Å². The van der Waals surface area contributed by atoms with Gasteiger partial charge in [-0.3, -0.25) is 13.8 Å². The van der Waals surface area contributed by atoms with Gasteiger partial charge in [-0.05, 0) is 51.4 Å². The number of phosphoric acid groups is 1. The number of likely N-dealkylation sites (N-methyl/N-ethyl adjacent to an activating group) is 1. The molecule has 0 rings (SSSR count). The van der Waals surface area contributed by atoms with Crippen LogP contribution in [0.1, 0.15) is 168 Å². The molecule has 304 valence electrons. The quantitative estimate of drug-likeness (QED) is 0.0252. The topological polar surface area (TPSA) is 105 Å². The molecule has 0 aliphatic rings. The Kier molecular flexibility index (Phi) is 34.1. The fourth-order valence-corrected chi connectivity index (χ4v) is 6.48. The number of amides is 1. The van der Waals surface area contributed by atoms with Crippen LogP contribution in [0.25, 0.3) is 0 Å². The van der Waals surface area contributed by atoms with Gasteiger partial charge in [0.25, 0.3) is 0 Å². The average molecular weight is 754 g/mol. The summed E-state index contributed by atoms with van der Waals surface area (Å²) < 4.78 is 23.6. The molecule has 3 unspecified atom stereocenters. The predicted molar refractivity (Wildman–Crippen MR) is 221 cm³/mol. The van der Waals surface area contributed by atoms with Crippen molar-refractivity contribution < 1.29 is 32.9 Å². The molecule has 0 heterocycles. The molecule has 0 aliphatic carbocycles. The van der Waals surface area contributed by atoms with Crippen molar-refractivity contribution in [3.8, 4) is 0 Å². The summed E-state index contributed by atoms with van der Waals surface area (Å²) in [4.78, 5) is 23.1. The van der Waals surface area contributed by atoms with Crippen LogP contribution in [0.4, 0.5) is 0 Å². The second-order valence-electron chi connectivity index (χ2n) is 15.3. The molecule has 1 amide bonds. The second kappa shape index (κ2) is 35.2. The zero-order valence-electron chi connectivity index (χ0n) is 34.3. The SMILES string of the molecule is CC/C=C\C/C=C\C/C=C\C/C=C\CCCCC(=O)NC(COP(=O)(O)OCC[N+](C)(C)C)C(O)CCCCCCCCCCCCCCCCC. The van der Waals surface area contributed by atoms with Crippen molar-refractivity contribution in [1.29, 1.82) is 0 Å². The van der Waals surface area contributed by atoms with Crippen LogP contribution in [0, 0.1) is 0 Å². The van der Waals surface area contributed by atoms with Crippen LogP contribution in [-0.4, -0.2) is 73.4 Å². The minimum Gasteiger partial charge on any atom is -0.391 e. The van der Waals surface area contributed by atoms with Gasteiger partial charge in [0.2, 0.25) is 5.91 Å². The smallest absolute Gasteiger partial charge is 0.391 e. The molecule has 3 atom stereocenters. The van der Waals surface area contributed by atoms with Gasteiger partial charge in [0.05, 0.1) is 39.9 Å². The van der Waals surface area contributed by atoms with Crippen molar-refractivity contribution in [1.82, 2.24) is 5.32 Å². The number of hydrogen-bond acceptors (Lipinski definition) is 5. The fourth-order valence-electron chi connectivity index (χ4n) is 5.74. The minimum atomic E-state index is -4.32. The zero-order valence-corrected chi connectivity index (χ0v) is 35.2. The van der Waals surface area contributed by atoms with E-state index in [0.717, 1.165) is 64.2 Å². The Morgan fingerprint density at radius 3 is 1.65 bits per heavy atom. The lowest BCUT2D eigenvalue weighted by molar-refractivity contribution is -0.870. The van der Waals surface area contributed by atoms with E-state index < -0.39 is 20.0 Å². The maximum Gasteiger partial charge on any atom is 0.472 e. The second-order valence-corrected chi connectivity index (χ2v) is 16.8. The summed E-state index contributed by atoms with van der Waals surface area (Å²) in [7, 11) is 1.58. The first-order valence-corrected chi connectivity index (χ1v) is 22.5. The Hall–Kier alpha value is -1.54. The van der Waals surface area contributed by atoms with Gasteiger partial charge in [0.1, 0.15) is 13.2 Å². The van der Waals surface area contributed by atoms with Crippen LogP contribution in [0.5, 0.6) is 0 Å². The van der Waals surface area contributed by atoms with Gasteiger partial charge in [0.15, 0.2) is 0 Å². The van der Waals surface area contributed by atoms with E-state index in [4.69, 9.17) is 9.05 Å². The lowest BCUT2D eigenvalue weighted by Gasteiger charge is -2.26. The van der Waals surface area contributed by atoms with Gasteiger partial charge in [0, 0.05) is 6.42 Å². The Morgan fingerprint density at radius 1 is 0.673 bits per heavy atom. The first kappa shape index (κ1) is 50.5. The van der Waals surface area contributed by atoms with Crippen molar-refractivity contribution in [2.24, 2.45) is 0 Å². The third-order valence-corrected chi connectivity index (χ3v) is 10.1. The zero-order chi connectivity index (χ0) is 38.6. The van der Waals surface area contributed by atoms with E-state index in [9.17, 15) is 19.4 Å². The number of phosphoric ester groups is 1. The fraction of sp³-hybridized carbons (Fsp3) is 0.791. The van der Waals surface area contributed by atoms with E-state index in [1.165, 1.54) is 77.0 Å². The lowest BCUT2D eigenvalue weighted by atomic mass is 10.0. The van der Waals surface area contributed by atoms with E-state index >= 15 is 0 Å². The molecule has 0 bridgehead atoms. The molecule has 9 heteroatoms. The van der Waals surface area contributed by atoms with E-state index in [1.807, 2.05) is 21.1 Å². The van der Waals surface area contributed by atoms with Crippen molar-refractivity contribution in [2.45, 2.75) is 180 Å². The summed E-state index contributed by atoms with van der Waals surface area (Å²) in [6.45, 7) is 4.72. The number of carbonyl (C=O) groups excluding carboxylic acids is 1. The first-order chi connectivity index (χ1) is 25.0. The average Bonchev–Trinajstić information content (AvgIpc) is 3.09. The number of rotatable bonds is 37.